The maximum atomic E-state index is 3.54. The molecule has 2 saturated carbocycles. The molecular formula is C13H23N. The van der Waals surface area contributed by atoms with E-state index in [0.717, 1.165) is 17.3 Å². The van der Waals surface area contributed by atoms with Crippen LogP contribution < -0.4 is 5.32 Å². The van der Waals surface area contributed by atoms with Crippen LogP contribution in [0.25, 0.3) is 0 Å². The van der Waals surface area contributed by atoms with Gasteiger partial charge in [0.15, 0.2) is 0 Å². The van der Waals surface area contributed by atoms with E-state index in [1.807, 2.05) is 0 Å². The molecule has 1 N–H and O–H groups in total. The molecule has 0 bridgehead atoms. The summed E-state index contributed by atoms with van der Waals surface area (Å²) >= 11 is 0. The van der Waals surface area contributed by atoms with Gasteiger partial charge in [-0.25, -0.2) is 0 Å². The summed E-state index contributed by atoms with van der Waals surface area (Å²) in [5.41, 5.74) is 0.842. The molecule has 3 fully saturated rings. The van der Waals surface area contributed by atoms with E-state index in [4.69, 9.17) is 0 Å². The monoisotopic (exact) mass is 193 g/mol. The van der Waals surface area contributed by atoms with Crippen LogP contribution in [0, 0.1) is 17.3 Å². The number of hydrogen-bond donors (Lipinski definition) is 1. The van der Waals surface area contributed by atoms with E-state index in [-0.39, 0.29) is 0 Å². The highest BCUT2D eigenvalue weighted by atomic mass is 14.9. The zero-order valence-electron chi connectivity index (χ0n) is 9.23. The molecule has 0 amide bonds. The third-order valence-electron chi connectivity index (χ3n) is 5.26. The lowest BCUT2D eigenvalue weighted by Gasteiger charge is -2.55. The largest absolute Gasteiger partial charge is 0.316 e. The third-order valence-corrected chi connectivity index (χ3v) is 5.26. The highest BCUT2D eigenvalue weighted by Gasteiger charge is 2.49. The van der Waals surface area contributed by atoms with Crippen LogP contribution in [0.5, 0.6) is 0 Å². The van der Waals surface area contributed by atoms with Gasteiger partial charge in [0.1, 0.15) is 0 Å². The quantitative estimate of drug-likeness (QED) is 0.675. The Morgan fingerprint density at radius 1 is 0.929 bits per heavy atom. The molecule has 0 aromatic carbocycles. The summed E-state index contributed by atoms with van der Waals surface area (Å²) in [5.74, 6) is 2.15. The summed E-state index contributed by atoms with van der Waals surface area (Å²) < 4.78 is 0. The molecule has 14 heavy (non-hydrogen) atoms. The van der Waals surface area contributed by atoms with Gasteiger partial charge in [-0.15, -0.1) is 0 Å². The number of nitrogens with one attached hydrogen (secondary N) is 1. The minimum absolute atomic E-state index is 0.842. The van der Waals surface area contributed by atoms with Gasteiger partial charge in [0.05, 0.1) is 0 Å². The molecule has 0 radical (unpaired) electrons. The van der Waals surface area contributed by atoms with Gasteiger partial charge in [0.2, 0.25) is 0 Å². The molecule has 1 spiro atoms. The maximum absolute atomic E-state index is 3.54. The van der Waals surface area contributed by atoms with Crippen LogP contribution >= 0.6 is 0 Å². The summed E-state index contributed by atoms with van der Waals surface area (Å²) in [4.78, 5) is 0. The lowest BCUT2D eigenvalue weighted by molar-refractivity contribution is -0.0409. The second kappa shape index (κ2) is 3.52. The fourth-order valence-electron chi connectivity index (χ4n) is 4.35. The van der Waals surface area contributed by atoms with Crippen molar-refractivity contribution in [3.63, 3.8) is 0 Å². The van der Waals surface area contributed by atoms with Crippen molar-refractivity contribution >= 4 is 0 Å². The summed E-state index contributed by atoms with van der Waals surface area (Å²) in [7, 11) is 0. The Morgan fingerprint density at radius 3 is 2.36 bits per heavy atom. The van der Waals surface area contributed by atoms with E-state index in [0.29, 0.717) is 0 Å². The van der Waals surface area contributed by atoms with E-state index in [1.165, 1.54) is 38.8 Å². The molecule has 1 saturated heterocycles. The lowest BCUT2D eigenvalue weighted by atomic mass is 9.50. The Hall–Kier alpha value is -0.0400. The first-order chi connectivity index (χ1) is 6.91. The number of rotatable bonds is 1. The third kappa shape index (κ3) is 1.32. The zero-order valence-corrected chi connectivity index (χ0v) is 9.23. The molecule has 0 aromatic rings. The first-order valence-corrected chi connectivity index (χ1v) is 6.61. The Kier molecular flexibility index (Phi) is 2.31. The summed E-state index contributed by atoms with van der Waals surface area (Å²) in [6, 6.07) is 0. The standard InChI is InChI=1S/C13H23N/c1-2-6-13(7-3-1)8-4-12(13)11-5-9-14-10-11/h11-12,14H,1-10H2. The average Bonchev–Trinajstić information content (AvgIpc) is 2.71. The Labute approximate surface area is 87.7 Å². The Balaban J connectivity index is 1.68. The fourth-order valence-corrected chi connectivity index (χ4v) is 4.35. The topological polar surface area (TPSA) is 12.0 Å². The van der Waals surface area contributed by atoms with Gasteiger partial charge in [-0.3, -0.25) is 0 Å². The second-order valence-electron chi connectivity index (χ2n) is 5.82. The zero-order chi connectivity index (χ0) is 9.43. The lowest BCUT2D eigenvalue weighted by Crippen LogP contribution is -2.46. The molecule has 3 rings (SSSR count). The Bertz CT molecular complexity index is 199. The molecule has 80 valence electrons. The molecule has 1 heteroatoms. The molecule has 2 aliphatic carbocycles. The van der Waals surface area contributed by atoms with Crippen LogP contribution in [-0.4, -0.2) is 13.1 Å². The van der Waals surface area contributed by atoms with Crippen molar-refractivity contribution in [3.05, 3.63) is 0 Å². The first kappa shape index (κ1) is 9.21. The van der Waals surface area contributed by atoms with E-state index >= 15 is 0 Å². The van der Waals surface area contributed by atoms with Crippen LogP contribution in [0.2, 0.25) is 0 Å². The van der Waals surface area contributed by atoms with Gasteiger partial charge in [0, 0.05) is 0 Å². The highest BCUT2D eigenvalue weighted by Crippen LogP contribution is 2.59. The second-order valence-corrected chi connectivity index (χ2v) is 5.82. The van der Waals surface area contributed by atoms with Crippen molar-refractivity contribution < 1.29 is 0 Å². The van der Waals surface area contributed by atoms with Gasteiger partial charge in [-0.1, -0.05) is 19.3 Å². The summed E-state index contributed by atoms with van der Waals surface area (Å²) in [6.45, 7) is 2.61. The van der Waals surface area contributed by atoms with E-state index in [1.54, 1.807) is 25.7 Å². The van der Waals surface area contributed by atoms with Crippen molar-refractivity contribution in [2.45, 2.75) is 51.4 Å². The number of hydrogen-bond acceptors (Lipinski definition) is 1. The summed E-state index contributed by atoms with van der Waals surface area (Å²) in [6.07, 6.45) is 12.3. The van der Waals surface area contributed by atoms with E-state index in [9.17, 15) is 0 Å². The SMILES string of the molecule is C1CCC2(CC1)CCC2C1CCNC1. The average molecular weight is 193 g/mol. The molecule has 2 unspecified atom stereocenters. The predicted octanol–water partition coefficient (Wildman–Crippen LogP) is 2.96. The van der Waals surface area contributed by atoms with Crippen LogP contribution in [0.3, 0.4) is 0 Å². The summed E-state index contributed by atoms with van der Waals surface area (Å²) in [5, 5.41) is 3.54. The van der Waals surface area contributed by atoms with Gasteiger partial charge in [-0.2, -0.15) is 0 Å². The molecular weight excluding hydrogens is 170 g/mol. The molecule has 3 aliphatic rings. The van der Waals surface area contributed by atoms with E-state index < -0.39 is 0 Å². The van der Waals surface area contributed by atoms with Gasteiger partial charge in [-0.05, 0) is 62.4 Å². The van der Waals surface area contributed by atoms with Crippen molar-refractivity contribution in [1.82, 2.24) is 5.32 Å². The molecule has 1 aliphatic heterocycles. The minimum Gasteiger partial charge on any atom is -0.316 e. The van der Waals surface area contributed by atoms with Crippen molar-refractivity contribution in [2.24, 2.45) is 17.3 Å². The van der Waals surface area contributed by atoms with Crippen LogP contribution in [0.1, 0.15) is 51.4 Å². The van der Waals surface area contributed by atoms with Crippen LogP contribution in [0.15, 0.2) is 0 Å². The van der Waals surface area contributed by atoms with Crippen LogP contribution in [0.4, 0.5) is 0 Å². The van der Waals surface area contributed by atoms with Crippen molar-refractivity contribution in [2.75, 3.05) is 13.1 Å². The minimum atomic E-state index is 0.842. The first-order valence-electron chi connectivity index (χ1n) is 6.61. The molecule has 1 nitrogen and oxygen atoms in total. The maximum Gasteiger partial charge on any atom is -0.00172 e. The van der Waals surface area contributed by atoms with Gasteiger partial charge < -0.3 is 5.32 Å². The Morgan fingerprint density at radius 2 is 1.79 bits per heavy atom. The molecule has 2 atom stereocenters. The van der Waals surface area contributed by atoms with Crippen LogP contribution in [-0.2, 0) is 0 Å². The van der Waals surface area contributed by atoms with Gasteiger partial charge in [0.25, 0.3) is 0 Å². The fraction of sp³-hybridized carbons (Fsp3) is 1.00. The highest BCUT2D eigenvalue weighted by molar-refractivity contribution is 5.01. The smallest absolute Gasteiger partial charge is 0.00172 e. The van der Waals surface area contributed by atoms with Crippen molar-refractivity contribution in [1.29, 1.82) is 0 Å². The normalized spacial score (nSPS) is 41.1. The predicted molar refractivity (Wildman–Crippen MR) is 59.2 cm³/mol. The molecule has 1 heterocycles. The van der Waals surface area contributed by atoms with E-state index in [2.05, 4.69) is 5.32 Å². The molecule has 0 aromatic heterocycles. The van der Waals surface area contributed by atoms with Crippen molar-refractivity contribution in [3.8, 4) is 0 Å². The van der Waals surface area contributed by atoms with Gasteiger partial charge >= 0.3 is 0 Å².